The highest BCUT2D eigenvalue weighted by Crippen LogP contribution is 2.47. The Morgan fingerprint density at radius 3 is 2.09 bits per heavy atom. The smallest absolute Gasteiger partial charge is 0.277 e. The summed E-state index contributed by atoms with van der Waals surface area (Å²) in [6.07, 6.45) is 0. The first-order valence-corrected chi connectivity index (χ1v) is 14.3. The Bertz CT molecular complexity index is 725. The van der Waals surface area contributed by atoms with Crippen molar-refractivity contribution in [2.24, 2.45) is 0 Å². The second kappa shape index (κ2) is 5.25. The number of para-hydroxylation sites is 1. The van der Waals surface area contributed by atoms with Crippen molar-refractivity contribution in [1.82, 2.24) is 0 Å². The SMILES string of the molecule is C[Si](C)(C)/C(=C1/c2ccccc2O[Si]1(C)C)c1ccccc1. The molecule has 0 aliphatic carbocycles. The van der Waals surface area contributed by atoms with Gasteiger partial charge >= 0.3 is 0 Å². The van der Waals surface area contributed by atoms with Crippen LogP contribution in [0.15, 0.2) is 54.6 Å². The average Bonchev–Trinajstić information content (AvgIpc) is 2.70. The number of hydrogen-bond acceptors (Lipinski definition) is 1. The van der Waals surface area contributed by atoms with Gasteiger partial charge in [-0.3, -0.25) is 0 Å². The first-order valence-electron chi connectivity index (χ1n) is 7.90. The fourth-order valence-electron chi connectivity index (χ4n) is 3.41. The van der Waals surface area contributed by atoms with E-state index in [4.69, 9.17) is 4.43 Å². The molecular formula is C19H24OSi2. The van der Waals surface area contributed by atoms with Gasteiger partial charge in [0.25, 0.3) is 8.32 Å². The fourth-order valence-corrected chi connectivity index (χ4v) is 9.78. The van der Waals surface area contributed by atoms with E-state index < -0.39 is 16.4 Å². The van der Waals surface area contributed by atoms with E-state index in [1.54, 1.807) is 5.20 Å². The van der Waals surface area contributed by atoms with Gasteiger partial charge in [-0.1, -0.05) is 68.2 Å². The molecule has 0 spiro atoms. The first kappa shape index (κ1) is 15.3. The van der Waals surface area contributed by atoms with Crippen LogP contribution >= 0.6 is 0 Å². The molecule has 0 unspecified atom stereocenters. The Morgan fingerprint density at radius 1 is 0.864 bits per heavy atom. The molecular weight excluding hydrogens is 300 g/mol. The van der Waals surface area contributed by atoms with Crippen molar-refractivity contribution in [3.8, 4) is 5.75 Å². The van der Waals surface area contributed by atoms with Crippen LogP contribution in [0, 0.1) is 0 Å². The maximum absolute atomic E-state index is 6.41. The monoisotopic (exact) mass is 324 g/mol. The molecule has 1 aliphatic rings. The third kappa shape index (κ3) is 2.59. The van der Waals surface area contributed by atoms with Crippen molar-refractivity contribution in [1.29, 1.82) is 0 Å². The molecule has 0 saturated carbocycles. The molecule has 0 amide bonds. The zero-order valence-corrected chi connectivity index (χ0v) is 16.1. The van der Waals surface area contributed by atoms with Crippen LogP contribution in [0.25, 0.3) is 10.4 Å². The molecule has 1 heterocycles. The molecule has 22 heavy (non-hydrogen) atoms. The normalized spacial score (nSPS) is 18.6. The van der Waals surface area contributed by atoms with Gasteiger partial charge in [-0.2, -0.15) is 0 Å². The number of fused-ring (bicyclic) bond motifs is 1. The third-order valence-corrected chi connectivity index (χ3v) is 8.93. The highest BCUT2D eigenvalue weighted by atomic mass is 28.4. The summed E-state index contributed by atoms with van der Waals surface area (Å²) in [7, 11) is -3.43. The van der Waals surface area contributed by atoms with Gasteiger partial charge in [-0.15, -0.1) is 0 Å². The molecule has 2 aromatic rings. The van der Waals surface area contributed by atoms with Crippen molar-refractivity contribution in [3.63, 3.8) is 0 Å². The Balaban J connectivity index is 2.36. The molecule has 1 nitrogen and oxygen atoms in total. The molecule has 3 rings (SSSR count). The highest BCUT2D eigenvalue weighted by molar-refractivity contribution is 7.03. The van der Waals surface area contributed by atoms with Gasteiger partial charge in [-0.25, -0.2) is 0 Å². The van der Waals surface area contributed by atoms with E-state index in [1.165, 1.54) is 16.3 Å². The molecule has 0 N–H and O–H groups in total. The maximum Gasteiger partial charge on any atom is 0.277 e. The van der Waals surface area contributed by atoms with E-state index in [-0.39, 0.29) is 0 Å². The van der Waals surface area contributed by atoms with Crippen LogP contribution in [0.2, 0.25) is 32.7 Å². The Morgan fingerprint density at radius 2 is 1.45 bits per heavy atom. The average molecular weight is 325 g/mol. The molecule has 0 radical (unpaired) electrons. The Labute approximate surface area is 135 Å². The highest BCUT2D eigenvalue weighted by Gasteiger charge is 2.43. The lowest BCUT2D eigenvalue weighted by molar-refractivity contribution is 0.578. The Hall–Kier alpha value is -1.59. The van der Waals surface area contributed by atoms with Gasteiger partial charge in [0.15, 0.2) is 0 Å². The van der Waals surface area contributed by atoms with Crippen molar-refractivity contribution >= 4 is 26.8 Å². The summed E-state index contributed by atoms with van der Waals surface area (Å²) < 4.78 is 6.41. The Kier molecular flexibility index (Phi) is 3.65. The fraction of sp³-hybridized carbons (Fsp3) is 0.263. The molecule has 2 aromatic carbocycles. The predicted molar refractivity (Wildman–Crippen MR) is 101 cm³/mol. The van der Waals surface area contributed by atoms with E-state index in [9.17, 15) is 0 Å². The summed E-state index contributed by atoms with van der Waals surface area (Å²) in [6, 6.07) is 19.4. The van der Waals surface area contributed by atoms with E-state index in [1.807, 2.05) is 0 Å². The minimum absolute atomic E-state index is 1.07. The van der Waals surface area contributed by atoms with Crippen molar-refractivity contribution < 1.29 is 4.43 Å². The second-order valence-electron chi connectivity index (χ2n) is 7.47. The molecule has 0 aromatic heterocycles. The lowest BCUT2D eigenvalue weighted by Crippen LogP contribution is -2.35. The van der Waals surface area contributed by atoms with Crippen LogP contribution in [-0.2, 0) is 0 Å². The van der Waals surface area contributed by atoms with Crippen molar-refractivity contribution in [2.45, 2.75) is 32.7 Å². The van der Waals surface area contributed by atoms with E-state index in [2.05, 4.69) is 87.3 Å². The third-order valence-electron chi connectivity index (χ3n) is 4.19. The van der Waals surface area contributed by atoms with Crippen LogP contribution in [0.5, 0.6) is 5.75 Å². The number of rotatable bonds is 2. The van der Waals surface area contributed by atoms with Gasteiger partial charge in [-0.05, 0) is 35.1 Å². The van der Waals surface area contributed by atoms with E-state index in [0.29, 0.717) is 0 Å². The molecule has 0 saturated heterocycles. The van der Waals surface area contributed by atoms with E-state index >= 15 is 0 Å². The topological polar surface area (TPSA) is 9.23 Å². The summed E-state index contributed by atoms with van der Waals surface area (Å²) in [4.78, 5) is 0. The summed E-state index contributed by atoms with van der Waals surface area (Å²) >= 11 is 0. The van der Waals surface area contributed by atoms with Crippen LogP contribution in [0.1, 0.15) is 11.1 Å². The van der Waals surface area contributed by atoms with Crippen LogP contribution < -0.4 is 4.43 Å². The largest absolute Gasteiger partial charge is 0.539 e. The van der Waals surface area contributed by atoms with Gasteiger partial charge < -0.3 is 4.43 Å². The summed E-state index contributed by atoms with van der Waals surface area (Å²) in [5.74, 6) is 1.07. The van der Waals surface area contributed by atoms with E-state index in [0.717, 1.165) is 5.75 Å². The predicted octanol–water partition coefficient (Wildman–Crippen LogP) is 5.61. The zero-order chi connectivity index (χ0) is 16.0. The minimum atomic E-state index is -1.92. The molecule has 1 aliphatic heterocycles. The molecule has 0 fully saturated rings. The standard InChI is InChI=1S/C19H24OSi2/c1-21(2,3)18(15-11-7-6-8-12-15)19-16-13-9-10-14-17(16)20-22(19,4)5/h6-14H,1-5H3/b19-18-. The zero-order valence-electron chi connectivity index (χ0n) is 14.1. The second-order valence-corrected chi connectivity index (χ2v) is 16.2. The maximum atomic E-state index is 6.41. The lowest BCUT2D eigenvalue weighted by Gasteiger charge is -2.28. The van der Waals surface area contributed by atoms with Gasteiger partial charge in [0, 0.05) is 5.56 Å². The van der Waals surface area contributed by atoms with Crippen LogP contribution in [0.3, 0.4) is 0 Å². The summed E-state index contributed by atoms with van der Waals surface area (Å²) in [6.45, 7) is 12.0. The van der Waals surface area contributed by atoms with Crippen molar-refractivity contribution in [3.05, 3.63) is 65.7 Å². The van der Waals surface area contributed by atoms with Gasteiger partial charge in [0.2, 0.25) is 0 Å². The van der Waals surface area contributed by atoms with Crippen LogP contribution in [-0.4, -0.2) is 16.4 Å². The molecule has 114 valence electrons. The van der Waals surface area contributed by atoms with Gasteiger partial charge in [0.05, 0.1) is 8.07 Å². The molecule has 0 atom stereocenters. The summed E-state index contributed by atoms with van der Waals surface area (Å²) in [5, 5.41) is 3.07. The quantitative estimate of drug-likeness (QED) is 0.652. The summed E-state index contributed by atoms with van der Waals surface area (Å²) in [5.41, 5.74) is 2.69. The van der Waals surface area contributed by atoms with Crippen molar-refractivity contribution in [2.75, 3.05) is 0 Å². The molecule has 0 bridgehead atoms. The lowest BCUT2D eigenvalue weighted by atomic mass is 10.1. The minimum Gasteiger partial charge on any atom is -0.539 e. The van der Waals surface area contributed by atoms with Crippen LogP contribution in [0.4, 0.5) is 0 Å². The first-order chi connectivity index (χ1) is 10.3. The molecule has 3 heteroatoms. The number of benzene rings is 2. The van der Waals surface area contributed by atoms with Gasteiger partial charge in [0.1, 0.15) is 5.75 Å². The number of hydrogen-bond donors (Lipinski definition) is 0.